The predicted octanol–water partition coefficient (Wildman–Crippen LogP) is 2.44. The smallest absolute Gasteiger partial charge is 0.147 e. The zero-order valence-electron chi connectivity index (χ0n) is 10.4. The van der Waals surface area contributed by atoms with Gasteiger partial charge in [-0.1, -0.05) is 20.8 Å². The minimum atomic E-state index is 0.0672. The third-order valence-corrected chi connectivity index (χ3v) is 2.29. The summed E-state index contributed by atoms with van der Waals surface area (Å²) >= 11 is 0. The summed E-state index contributed by atoms with van der Waals surface area (Å²) in [6.45, 7) is 10.4. The fraction of sp³-hybridized carbons (Fsp3) is 0.636. The molecule has 15 heavy (non-hydrogen) atoms. The van der Waals surface area contributed by atoms with E-state index in [0.717, 1.165) is 17.1 Å². The Morgan fingerprint density at radius 3 is 2.40 bits per heavy atom. The molecule has 0 aliphatic carbocycles. The van der Waals surface area contributed by atoms with Crippen LogP contribution in [-0.4, -0.2) is 16.0 Å². The van der Waals surface area contributed by atoms with Crippen molar-refractivity contribution in [1.29, 1.82) is 0 Å². The van der Waals surface area contributed by atoms with E-state index >= 15 is 0 Å². The highest BCUT2D eigenvalue weighted by Crippen LogP contribution is 2.28. The lowest BCUT2D eigenvalue weighted by atomic mass is 9.90. The van der Waals surface area contributed by atoms with Crippen LogP contribution < -0.4 is 5.43 Å². The largest absolute Gasteiger partial charge is 0.262 e. The van der Waals surface area contributed by atoms with Gasteiger partial charge in [0.2, 0.25) is 0 Å². The molecule has 0 aliphatic heterocycles. The molecule has 1 heterocycles. The molecule has 0 aliphatic rings. The molecular weight excluding hydrogens is 188 g/mol. The van der Waals surface area contributed by atoms with Crippen LogP contribution in [0.25, 0.3) is 0 Å². The van der Waals surface area contributed by atoms with Gasteiger partial charge >= 0.3 is 0 Å². The number of aromatic nitrogens is 2. The van der Waals surface area contributed by atoms with Crippen LogP contribution in [0.3, 0.4) is 0 Å². The van der Waals surface area contributed by atoms with Crippen molar-refractivity contribution in [3.05, 3.63) is 11.3 Å². The molecule has 84 valence electrons. The fourth-order valence-electron chi connectivity index (χ4n) is 1.62. The summed E-state index contributed by atoms with van der Waals surface area (Å²) in [6, 6.07) is 0. The van der Waals surface area contributed by atoms with E-state index in [4.69, 9.17) is 0 Å². The summed E-state index contributed by atoms with van der Waals surface area (Å²) in [4.78, 5) is 0. The highest BCUT2D eigenvalue weighted by molar-refractivity contribution is 5.57. The third kappa shape index (κ3) is 2.37. The lowest BCUT2D eigenvalue weighted by Crippen LogP contribution is -2.13. The summed E-state index contributed by atoms with van der Waals surface area (Å²) in [5.74, 6) is 0.957. The molecule has 0 saturated heterocycles. The monoisotopic (exact) mass is 208 g/mol. The molecule has 0 atom stereocenters. The average molecular weight is 208 g/mol. The average Bonchev–Trinajstić information content (AvgIpc) is 2.39. The molecule has 1 N–H and O–H groups in total. The number of hydrogen-bond acceptors (Lipinski definition) is 3. The van der Waals surface area contributed by atoms with E-state index in [1.54, 1.807) is 6.21 Å². The van der Waals surface area contributed by atoms with Crippen LogP contribution in [-0.2, 0) is 12.5 Å². The van der Waals surface area contributed by atoms with E-state index in [1.165, 1.54) is 0 Å². The Morgan fingerprint density at radius 1 is 1.40 bits per heavy atom. The molecular formula is C11H20N4. The Labute approximate surface area is 91.4 Å². The quantitative estimate of drug-likeness (QED) is 0.599. The first-order valence-electron chi connectivity index (χ1n) is 5.15. The molecule has 0 spiro atoms. The minimum absolute atomic E-state index is 0.0672. The summed E-state index contributed by atoms with van der Waals surface area (Å²) in [5, 5.41) is 8.54. The van der Waals surface area contributed by atoms with Crippen LogP contribution in [0.4, 0.5) is 5.82 Å². The van der Waals surface area contributed by atoms with Crippen molar-refractivity contribution in [2.45, 2.75) is 40.0 Å². The van der Waals surface area contributed by atoms with Gasteiger partial charge in [0, 0.05) is 24.2 Å². The second-order valence-electron chi connectivity index (χ2n) is 4.69. The SMILES string of the molecule is C/C=N/Nc1c(C)c(C(C)(C)C)nn1C. The van der Waals surface area contributed by atoms with Gasteiger partial charge in [-0.15, -0.1) is 0 Å². The Kier molecular flexibility index (Phi) is 3.17. The van der Waals surface area contributed by atoms with Crippen LogP contribution >= 0.6 is 0 Å². The number of nitrogens with one attached hydrogen (secondary N) is 1. The zero-order chi connectivity index (χ0) is 11.6. The fourth-order valence-corrected chi connectivity index (χ4v) is 1.62. The lowest BCUT2D eigenvalue weighted by molar-refractivity contribution is 0.550. The molecule has 4 nitrogen and oxygen atoms in total. The summed E-state index contributed by atoms with van der Waals surface area (Å²) in [7, 11) is 1.93. The van der Waals surface area contributed by atoms with Gasteiger partial charge in [-0.3, -0.25) is 10.1 Å². The van der Waals surface area contributed by atoms with E-state index in [0.29, 0.717) is 0 Å². The van der Waals surface area contributed by atoms with Gasteiger partial charge in [-0.2, -0.15) is 10.2 Å². The summed E-state index contributed by atoms with van der Waals surface area (Å²) < 4.78 is 1.84. The van der Waals surface area contributed by atoms with Crippen molar-refractivity contribution < 1.29 is 0 Å². The van der Waals surface area contributed by atoms with E-state index in [-0.39, 0.29) is 5.41 Å². The topological polar surface area (TPSA) is 42.2 Å². The molecule has 0 unspecified atom stereocenters. The standard InChI is InChI=1S/C11H20N4/c1-7-12-13-10-8(2)9(11(3,4)5)14-15(10)6/h7,13H,1-6H3/b12-7+. The first-order valence-corrected chi connectivity index (χ1v) is 5.15. The molecule has 0 saturated carbocycles. The highest BCUT2D eigenvalue weighted by Gasteiger charge is 2.23. The predicted molar refractivity (Wildman–Crippen MR) is 64.4 cm³/mol. The van der Waals surface area contributed by atoms with E-state index < -0.39 is 0 Å². The van der Waals surface area contributed by atoms with E-state index in [2.05, 4.69) is 43.3 Å². The minimum Gasteiger partial charge on any atom is -0.262 e. The molecule has 1 aromatic rings. The Bertz CT molecular complexity index is 369. The van der Waals surface area contributed by atoms with Crippen LogP contribution in [0.2, 0.25) is 0 Å². The summed E-state index contributed by atoms with van der Waals surface area (Å²) in [5.41, 5.74) is 5.33. The number of nitrogens with zero attached hydrogens (tertiary/aromatic N) is 3. The lowest BCUT2D eigenvalue weighted by Gasteiger charge is -2.15. The van der Waals surface area contributed by atoms with Gasteiger partial charge < -0.3 is 0 Å². The van der Waals surface area contributed by atoms with Gasteiger partial charge in [0.05, 0.1) is 5.69 Å². The van der Waals surface area contributed by atoms with E-state index in [9.17, 15) is 0 Å². The van der Waals surface area contributed by atoms with Gasteiger partial charge in [-0.25, -0.2) is 0 Å². The van der Waals surface area contributed by atoms with Gasteiger partial charge in [0.15, 0.2) is 0 Å². The van der Waals surface area contributed by atoms with Crippen LogP contribution in [0.5, 0.6) is 0 Å². The van der Waals surface area contributed by atoms with Crippen molar-refractivity contribution in [3.8, 4) is 0 Å². The number of rotatable bonds is 2. The van der Waals surface area contributed by atoms with Gasteiger partial charge in [0.1, 0.15) is 5.82 Å². The summed E-state index contributed by atoms with van der Waals surface area (Å²) in [6.07, 6.45) is 1.73. The maximum absolute atomic E-state index is 4.51. The van der Waals surface area contributed by atoms with Gasteiger partial charge in [-0.05, 0) is 13.8 Å². The number of anilines is 1. The first-order chi connectivity index (χ1) is 6.88. The molecule has 4 heteroatoms. The van der Waals surface area contributed by atoms with Crippen molar-refractivity contribution >= 4 is 12.0 Å². The maximum atomic E-state index is 4.51. The van der Waals surface area contributed by atoms with Crippen LogP contribution in [0, 0.1) is 6.92 Å². The molecule has 0 bridgehead atoms. The molecule has 0 radical (unpaired) electrons. The normalized spacial score (nSPS) is 12.4. The van der Waals surface area contributed by atoms with Crippen molar-refractivity contribution in [3.63, 3.8) is 0 Å². The molecule has 1 rings (SSSR count). The second kappa shape index (κ2) is 4.04. The first kappa shape index (κ1) is 11.8. The number of hydrazone groups is 1. The van der Waals surface area contributed by atoms with Crippen molar-refractivity contribution in [2.24, 2.45) is 12.1 Å². The third-order valence-electron chi connectivity index (χ3n) is 2.29. The van der Waals surface area contributed by atoms with Crippen molar-refractivity contribution in [1.82, 2.24) is 9.78 Å². The Hall–Kier alpha value is -1.32. The molecule has 1 aromatic heterocycles. The van der Waals surface area contributed by atoms with Crippen LogP contribution in [0.15, 0.2) is 5.10 Å². The second-order valence-corrected chi connectivity index (χ2v) is 4.69. The number of aryl methyl sites for hydroxylation is 1. The molecule has 0 amide bonds. The highest BCUT2D eigenvalue weighted by atomic mass is 15.4. The molecule has 0 aromatic carbocycles. The van der Waals surface area contributed by atoms with Crippen LogP contribution in [0.1, 0.15) is 39.0 Å². The van der Waals surface area contributed by atoms with Gasteiger partial charge in [0.25, 0.3) is 0 Å². The number of hydrogen-bond donors (Lipinski definition) is 1. The van der Waals surface area contributed by atoms with E-state index in [1.807, 2.05) is 18.7 Å². The van der Waals surface area contributed by atoms with Crippen molar-refractivity contribution in [2.75, 3.05) is 5.43 Å². The Balaban J connectivity index is 3.15. The molecule has 0 fully saturated rings. The Morgan fingerprint density at radius 2 is 2.00 bits per heavy atom. The zero-order valence-corrected chi connectivity index (χ0v) is 10.4. The maximum Gasteiger partial charge on any atom is 0.147 e.